The van der Waals surface area contributed by atoms with Gasteiger partial charge >= 0.3 is 0 Å². The van der Waals surface area contributed by atoms with E-state index in [-0.39, 0.29) is 0 Å². The standard InChI is InChI=1S/C62H42N4/c63-43-44-37-39-45(40-38-44)46-41-59(65-55-33-17-13-29-51(55)61(47-21-5-1-6-22-47,48-23-7-2-8-24-48)52-30-14-18-34-56(52)65)64-60(42-46)66-57-35-19-15-31-53(57)62(49-25-9-3-10-26-49,50-27-11-4-12-28-50)54-32-16-20-36-58(54)66/h1-42H. The number of nitrogens with zero attached hydrogens (tertiary/aromatic N) is 4. The quantitative estimate of drug-likeness (QED) is 0.160. The van der Waals surface area contributed by atoms with E-state index in [1.807, 2.05) is 24.3 Å². The number of nitriles is 1. The van der Waals surface area contributed by atoms with Crippen molar-refractivity contribution < 1.29 is 0 Å². The van der Waals surface area contributed by atoms with E-state index in [1.165, 1.54) is 22.3 Å². The van der Waals surface area contributed by atoms with Gasteiger partial charge < -0.3 is 0 Å². The Morgan fingerprint density at radius 2 is 0.606 bits per heavy atom. The number of hydrogen-bond donors (Lipinski definition) is 0. The molecule has 0 unspecified atom stereocenters. The van der Waals surface area contributed by atoms with E-state index in [1.54, 1.807) is 0 Å². The zero-order valence-corrected chi connectivity index (χ0v) is 36.0. The third kappa shape index (κ3) is 5.81. The fraction of sp³-hybridized carbons (Fsp3) is 0.0323. The summed E-state index contributed by atoms with van der Waals surface area (Å²) in [5.74, 6) is 1.55. The lowest BCUT2D eigenvalue weighted by molar-refractivity contribution is 0.728. The van der Waals surface area contributed by atoms with Gasteiger partial charge in [-0.1, -0.05) is 206 Å². The van der Waals surface area contributed by atoms with Gasteiger partial charge in [0.15, 0.2) is 0 Å². The molecule has 12 rings (SSSR count). The topological polar surface area (TPSA) is 43.2 Å². The Labute approximate surface area is 385 Å². The maximum atomic E-state index is 9.84. The molecule has 0 bridgehead atoms. The van der Waals surface area contributed by atoms with Gasteiger partial charge in [0.25, 0.3) is 0 Å². The molecule has 4 nitrogen and oxygen atoms in total. The van der Waals surface area contributed by atoms with Crippen LogP contribution in [0.5, 0.6) is 0 Å². The van der Waals surface area contributed by atoms with Crippen LogP contribution in [0.2, 0.25) is 0 Å². The molecule has 9 aromatic carbocycles. The summed E-state index contributed by atoms with van der Waals surface area (Å²) in [4.78, 5) is 10.5. The van der Waals surface area contributed by atoms with Crippen molar-refractivity contribution in [3.63, 3.8) is 0 Å². The first-order valence-corrected chi connectivity index (χ1v) is 22.4. The number of hydrogen-bond acceptors (Lipinski definition) is 4. The SMILES string of the molecule is N#Cc1ccc(-c2cc(N3c4ccccc4C(c4ccccc4)(c4ccccc4)c4ccccc43)nc(N3c4ccccc4C(c4ccccc4)(c4ccccc4)c4ccccc43)c2)cc1. The second-order valence-corrected chi connectivity index (χ2v) is 17.0. The van der Waals surface area contributed by atoms with Gasteiger partial charge in [0, 0.05) is 0 Å². The first-order valence-electron chi connectivity index (χ1n) is 22.4. The van der Waals surface area contributed by atoms with E-state index < -0.39 is 10.8 Å². The smallest absolute Gasteiger partial charge is 0.140 e. The molecule has 0 amide bonds. The van der Waals surface area contributed by atoms with Crippen LogP contribution in [0.1, 0.15) is 50.1 Å². The minimum Gasteiger partial charge on any atom is -0.294 e. The van der Waals surface area contributed by atoms with Crippen molar-refractivity contribution in [3.8, 4) is 17.2 Å². The average Bonchev–Trinajstić information content (AvgIpc) is 3.40. The lowest BCUT2D eigenvalue weighted by Gasteiger charge is -2.47. The highest BCUT2D eigenvalue weighted by Gasteiger charge is 2.48. The van der Waals surface area contributed by atoms with E-state index in [2.05, 4.69) is 246 Å². The number of anilines is 6. The molecule has 0 saturated carbocycles. The second kappa shape index (κ2) is 15.8. The first kappa shape index (κ1) is 38.9. The van der Waals surface area contributed by atoms with Gasteiger partial charge in [-0.15, -0.1) is 0 Å². The minimum absolute atomic E-state index is 0.613. The van der Waals surface area contributed by atoms with Crippen LogP contribution in [-0.4, -0.2) is 4.98 Å². The Morgan fingerprint density at radius 3 is 0.909 bits per heavy atom. The Bertz CT molecular complexity index is 3060. The van der Waals surface area contributed by atoms with Crippen LogP contribution in [-0.2, 0) is 10.8 Å². The highest BCUT2D eigenvalue weighted by Crippen LogP contribution is 2.60. The van der Waals surface area contributed by atoms with Crippen molar-refractivity contribution in [2.24, 2.45) is 0 Å². The molecule has 1 aromatic heterocycles. The molecule has 0 atom stereocenters. The van der Waals surface area contributed by atoms with E-state index >= 15 is 0 Å². The highest BCUT2D eigenvalue weighted by atomic mass is 15.3. The molecule has 2 aliphatic heterocycles. The molecule has 0 aliphatic carbocycles. The molecule has 0 N–H and O–H groups in total. The third-order valence-electron chi connectivity index (χ3n) is 13.6. The van der Waals surface area contributed by atoms with Gasteiger partial charge in [0.1, 0.15) is 11.6 Å². The molecule has 10 aromatic rings. The predicted molar refractivity (Wildman–Crippen MR) is 267 cm³/mol. The fourth-order valence-electron chi connectivity index (χ4n) is 11.0. The largest absolute Gasteiger partial charge is 0.294 e. The van der Waals surface area contributed by atoms with Gasteiger partial charge in [0.2, 0.25) is 0 Å². The molecule has 66 heavy (non-hydrogen) atoms. The Morgan fingerprint density at radius 1 is 0.318 bits per heavy atom. The van der Waals surface area contributed by atoms with Crippen LogP contribution in [0.4, 0.5) is 34.4 Å². The van der Waals surface area contributed by atoms with Gasteiger partial charge in [-0.05, 0) is 104 Å². The van der Waals surface area contributed by atoms with Gasteiger partial charge in [-0.3, -0.25) is 9.80 Å². The van der Waals surface area contributed by atoms with E-state index in [4.69, 9.17) is 4.98 Å². The van der Waals surface area contributed by atoms with Crippen molar-refractivity contribution in [2.75, 3.05) is 9.80 Å². The average molecular weight is 843 g/mol. The minimum atomic E-state index is -0.622. The molecule has 0 spiro atoms. The normalized spacial score (nSPS) is 13.9. The third-order valence-corrected chi connectivity index (χ3v) is 13.6. The summed E-state index contributed by atoms with van der Waals surface area (Å²) in [7, 11) is 0. The van der Waals surface area contributed by atoms with E-state index in [0.717, 1.165) is 67.8 Å². The van der Waals surface area contributed by atoms with Gasteiger partial charge in [-0.25, -0.2) is 4.98 Å². The van der Waals surface area contributed by atoms with Crippen LogP contribution in [0.25, 0.3) is 11.1 Å². The van der Waals surface area contributed by atoms with E-state index in [9.17, 15) is 5.26 Å². The summed E-state index contributed by atoms with van der Waals surface area (Å²) < 4.78 is 0. The molecular formula is C62H42N4. The Kier molecular flexibility index (Phi) is 9.29. The van der Waals surface area contributed by atoms with Gasteiger partial charge in [-0.2, -0.15) is 5.26 Å². The molecule has 0 radical (unpaired) electrons. The van der Waals surface area contributed by atoms with Crippen molar-refractivity contribution in [3.05, 3.63) is 305 Å². The van der Waals surface area contributed by atoms with Crippen molar-refractivity contribution in [2.45, 2.75) is 10.8 Å². The summed E-state index contributed by atoms with van der Waals surface area (Å²) in [6, 6.07) is 93.5. The number of pyridine rings is 1. The van der Waals surface area contributed by atoms with Crippen LogP contribution in [0.15, 0.2) is 255 Å². The number of fused-ring (bicyclic) bond motifs is 4. The monoisotopic (exact) mass is 842 g/mol. The number of para-hydroxylation sites is 4. The maximum absolute atomic E-state index is 9.84. The summed E-state index contributed by atoms with van der Waals surface area (Å²) in [5, 5.41) is 9.84. The highest BCUT2D eigenvalue weighted by molar-refractivity contribution is 5.93. The number of rotatable bonds is 7. The van der Waals surface area contributed by atoms with Crippen LogP contribution >= 0.6 is 0 Å². The molecule has 0 fully saturated rings. The van der Waals surface area contributed by atoms with Crippen LogP contribution in [0, 0.1) is 11.3 Å². The van der Waals surface area contributed by atoms with Crippen LogP contribution in [0.3, 0.4) is 0 Å². The lowest BCUT2D eigenvalue weighted by atomic mass is 9.62. The Balaban J connectivity index is 1.15. The zero-order valence-electron chi connectivity index (χ0n) is 36.0. The zero-order chi connectivity index (χ0) is 44.1. The summed E-state index contributed by atoms with van der Waals surface area (Å²) in [6.07, 6.45) is 0. The van der Waals surface area contributed by atoms with Crippen molar-refractivity contribution >= 4 is 34.4 Å². The van der Waals surface area contributed by atoms with Gasteiger partial charge in [0.05, 0.1) is 45.2 Å². The van der Waals surface area contributed by atoms with Crippen LogP contribution < -0.4 is 9.80 Å². The number of aromatic nitrogens is 1. The van der Waals surface area contributed by atoms with E-state index in [0.29, 0.717) is 5.56 Å². The summed E-state index contributed by atoms with van der Waals surface area (Å²) in [6.45, 7) is 0. The lowest BCUT2D eigenvalue weighted by Crippen LogP contribution is -2.38. The van der Waals surface area contributed by atoms with Crippen molar-refractivity contribution in [1.82, 2.24) is 4.98 Å². The maximum Gasteiger partial charge on any atom is 0.140 e. The molecule has 4 heteroatoms. The second-order valence-electron chi connectivity index (χ2n) is 17.0. The molecule has 310 valence electrons. The summed E-state index contributed by atoms with van der Waals surface area (Å²) >= 11 is 0. The Hall–Kier alpha value is -8.78. The molecule has 3 heterocycles. The molecular weight excluding hydrogens is 801 g/mol. The molecule has 0 saturated heterocycles. The fourth-order valence-corrected chi connectivity index (χ4v) is 11.0. The summed E-state index contributed by atoms with van der Waals surface area (Å²) in [5.41, 5.74) is 15.0. The number of benzene rings is 9. The van der Waals surface area contributed by atoms with Crippen molar-refractivity contribution in [1.29, 1.82) is 5.26 Å². The first-order chi connectivity index (χ1) is 32.7. The molecule has 2 aliphatic rings. The predicted octanol–water partition coefficient (Wildman–Crippen LogP) is 15.0.